The van der Waals surface area contributed by atoms with Crippen molar-refractivity contribution in [1.29, 1.82) is 0 Å². The van der Waals surface area contributed by atoms with E-state index >= 15 is 0 Å². The Labute approximate surface area is 206 Å². The van der Waals surface area contributed by atoms with Gasteiger partial charge in [-0.05, 0) is 17.5 Å². The minimum absolute atomic E-state index is 0.168. The number of anilines is 1. The standard InChI is InChI=1S/C21H25B7N4O2/c1-32-8-29-7-12(32)9-2-3-10-6-30-13(5-11(10)4-9)31-20(33)14-15(22)17(24)19(18(25)16(14)23)34-21(26,27)28/h2-8H,22-28H2,1H3,(H,30,31,33). The summed E-state index contributed by atoms with van der Waals surface area (Å²) >= 11 is 0. The molecule has 0 unspecified atom stereocenters. The van der Waals surface area contributed by atoms with E-state index in [2.05, 4.69) is 27.4 Å². The Balaban J connectivity index is 1.68. The van der Waals surface area contributed by atoms with Gasteiger partial charge in [0.1, 0.15) is 66.5 Å². The number of hydrogen-bond donors (Lipinski definition) is 1. The molecule has 0 aliphatic heterocycles. The zero-order valence-electron chi connectivity index (χ0n) is 21.2. The third-order valence-electron chi connectivity index (χ3n) is 6.27. The lowest BCUT2D eigenvalue weighted by molar-refractivity contribution is 0.102. The van der Waals surface area contributed by atoms with Gasteiger partial charge in [0.2, 0.25) is 0 Å². The van der Waals surface area contributed by atoms with Crippen LogP contribution in [0.15, 0.2) is 43.0 Å². The molecule has 0 aliphatic rings. The largest absolute Gasteiger partial charge is 0.515 e. The fourth-order valence-corrected chi connectivity index (χ4v) is 4.26. The molecule has 0 bridgehead atoms. The Morgan fingerprint density at radius 3 is 2.24 bits per heavy atom. The molecule has 34 heavy (non-hydrogen) atoms. The van der Waals surface area contributed by atoms with Crippen LogP contribution in [0.4, 0.5) is 5.82 Å². The zero-order valence-corrected chi connectivity index (χ0v) is 21.2. The summed E-state index contributed by atoms with van der Waals surface area (Å²) in [5.41, 5.74) is 6.55. The summed E-state index contributed by atoms with van der Waals surface area (Å²) in [5.74, 6) is 1.20. The number of aromatic nitrogens is 3. The quantitative estimate of drug-likeness (QED) is 0.313. The Hall–Kier alpha value is -3.22. The molecule has 0 saturated carbocycles. The molecule has 0 fully saturated rings. The second-order valence-corrected chi connectivity index (χ2v) is 9.89. The number of fused-ring (bicyclic) bond motifs is 1. The van der Waals surface area contributed by atoms with E-state index in [0.717, 1.165) is 49.6 Å². The van der Waals surface area contributed by atoms with Crippen LogP contribution < -0.4 is 31.9 Å². The smallest absolute Gasteiger partial charge is 0.255 e. The third kappa shape index (κ3) is 4.56. The molecule has 2 aromatic heterocycles. The molecule has 1 N–H and O–H groups in total. The van der Waals surface area contributed by atoms with Gasteiger partial charge in [0.15, 0.2) is 0 Å². The molecule has 4 aromatic rings. The summed E-state index contributed by atoms with van der Waals surface area (Å²) in [4.78, 5) is 22.1. The minimum Gasteiger partial charge on any atom is -0.515 e. The Kier molecular flexibility index (Phi) is 6.23. The molecular weight excluding hydrogens is 416 g/mol. The highest BCUT2D eigenvalue weighted by molar-refractivity contribution is 6.62. The molecule has 0 saturated heterocycles. The number of imidazole rings is 1. The first-order valence-electron chi connectivity index (χ1n) is 11.4. The molecule has 0 atom stereocenters. The molecule has 2 aromatic carbocycles. The number of carbonyl (C=O) groups excluding carboxylic acids is 1. The van der Waals surface area contributed by atoms with Crippen LogP contribution in [-0.2, 0) is 7.05 Å². The average molecular weight is 441 g/mol. The number of pyridine rings is 1. The van der Waals surface area contributed by atoms with Crippen molar-refractivity contribution in [3.63, 3.8) is 0 Å². The van der Waals surface area contributed by atoms with Gasteiger partial charge in [-0.1, -0.05) is 34.0 Å². The summed E-state index contributed by atoms with van der Waals surface area (Å²) in [5, 5.41) is 4.70. The van der Waals surface area contributed by atoms with Crippen LogP contribution in [0.25, 0.3) is 22.0 Å². The summed E-state index contributed by atoms with van der Waals surface area (Å²) in [6.07, 6.45) is 5.41. The third-order valence-corrected chi connectivity index (χ3v) is 6.27. The van der Waals surface area contributed by atoms with E-state index in [1.807, 2.05) is 84.9 Å². The number of carbonyl (C=O) groups is 1. The number of nitrogens with one attached hydrogen (secondary N) is 1. The van der Waals surface area contributed by atoms with Crippen molar-refractivity contribution in [3.8, 4) is 17.0 Å². The van der Waals surface area contributed by atoms with Crippen LogP contribution in [0, 0.1) is 0 Å². The van der Waals surface area contributed by atoms with Crippen LogP contribution in [0.3, 0.4) is 0 Å². The molecule has 2 heterocycles. The number of ether oxygens (including phenoxy) is 1. The second-order valence-electron chi connectivity index (χ2n) is 9.89. The van der Waals surface area contributed by atoms with Crippen LogP contribution in [0.1, 0.15) is 10.4 Å². The van der Waals surface area contributed by atoms with E-state index in [0.29, 0.717) is 11.4 Å². The average Bonchev–Trinajstić information content (AvgIpc) is 3.20. The highest BCUT2D eigenvalue weighted by Crippen LogP contribution is 2.25. The van der Waals surface area contributed by atoms with E-state index in [9.17, 15) is 4.79 Å². The highest BCUT2D eigenvalue weighted by atomic mass is 16.5. The molecule has 0 spiro atoms. The first-order chi connectivity index (χ1) is 16.0. The topological polar surface area (TPSA) is 69.0 Å². The van der Waals surface area contributed by atoms with Gasteiger partial charge in [0.05, 0.1) is 18.2 Å². The summed E-state index contributed by atoms with van der Waals surface area (Å²) in [6, 6.07) is 8.09. The predicted octanol–water partition coefficient (Wildman–Crippen LogP) is -6.19. The lowest BCUT2D eigenvalue weighted by Crippen LogP contribution is -2.51. The van der Waals surface area contributed by atoms with E-state index in [1.54, 1.807) is 12.5 Å². The SMILES string of the molecule is Bc1c(B)c(C(=O)Nc2cc3cc(-c4cncn4C)ccc3cn2)c(B)c(B)c1OC(B)(B)B. The number of amides is 1. The Morgan fingerprint density at radius 1 is 0.971 bits per heavy atom. The maximum absolute atomic E-state index is 13.4. The van der Waals surface area contributed by atoms with Gasteiger partial charge in [-0.3, -0.25) is 4.79 Å². The number of nitrogens with zero attached hydrogens (tertiary/aromatic N) is 3. The molecule has 4 rings (SSSR count). The molecule has 6 nitrogen and oxygen atoms in total. The molecule has 13 heteroatoms. The van der Waals surface area contributed by atoms with Gasteiger partial charge < -0.3 is 14.6 Å². The maximum Gasteiger partial charge on any atom is 0.255 e. The van der Waals surface area contributed by atoms with Crippen molar-refractivity contribution in [2.75, 3.05) is 5.32 Å². The summed E-state index contributed by atoms with van der Waals surface area (Å²) in [7, 11) is 16.0. The van der Waals surface area contributed by atoms with Gasteiger partial charge >= 0.3 is 0 Å². The van der Waals surface area contributed by atoms with Crippen molar-refractivity contribution in [1.82, 2.24) is 14.5 Å². The molecule has 0 radical (unpaired) electrons. The van der Waals surface area contributed by atoms with Crippen molar-refractivity contribution in [2.24, 2.45) is 7.05 Å². The molecule has 1 amide bonds. The van der Waals surface area contributed by atoms with Crippen molar-refractivity contribution in [3.05, 3.63) is 48.5 Å². The van der Waals surface area contributed by atoms with Gasteiger partial charge in [0.25, 0.3) is 5.91 Å². The van der Waals surface area contributed by atoms with Crippen LogP contribution in [0.2, 0.25) is 0 Å². The minimum atomic E-state index is -0.318. The van der Waals surface area contributed by atoms with Crippen LogP contribution >= 0.6 is 0 Å². The van der Waals surface area contributed by atoms with Crippen LogP contribution in [0.5, 0.6) is 5.75 Å². The normalized spacial score (nSPS) is 11.4. The molecule has 162 valence electrons. The van der Waals surface area contributed by atoms with Crippen molar-refractivity contribution >= 4 is 99.3 Å². The number of rotatable bonds is 5. The van der Waals surface area contributed by atoms with E-state index < -0.39 is 0 Å². The van der Waals surface area contributed by atoms with E-state index in [4.69, 9.17) is 4.74 Å². The van der Waals surface area contributed by atoms with Gasteiger partial charge in [-0.25, -0.2) is 9.97 Å². The maximum atomic E-state index is 13.4. The Bertz CT molecular complexity index is 1400. The van der Waals surface area contributed by atoms with E-state index in [-0.39, 0.29) is 11.2 Å². The van der Waals surface area contributed by atoms with E-state index in [1.165, 1.54) is 0 Å². The molecular formula is C21H25B7N4O2. The van der Waals surface area contributed by atoms with Gasteiger partial charge in [-0.15, -0.1) is 0 Å². The number of benzene rings is 2. The number of aryl methyl sites for hydroxylation is 1. The first-order valence-corrected chi connectivity index (χ1v) is 11.4. The monoisotopic (exact) mass is 442 g/mol. The fraction of sp³-hybridized carbons (Fsp3) is 0.0952. The van der Waals surface area contributed by atoms with Gasteiger partial charge in [-0.2, -0.15) is 0 Å². The lowest BCUT2D eigenvalue weighted by atomic mass is 9.52. The predicted molar refractivity (Wildman–Crippen MR) is 160 cm³/mol. The van der Waals surface area contributed by atoms with Crippen molar-refractivity contribution in [2.45, 2.75) is 5.30 Å². The Morgan fingerprint density at radius 2 is 1.65 bits per heavy atom. The molecule has 0 aliphatic carbocycles. The second kappa shape index (κ2) is 8.86. The highest BCUT2D eigenvalue weighted by Gasteiger charge is 2.23. The number of hydrogen-bond acceptors (Lipinski definition) is 4. The lowest BCUT2D eigenvalue weighted by Gasteiger charge is -2.28. The first kappa shape index (κ1) is 23.9. The zero-order chi connectivity index (χ0) is 24.8. The summed E-state index contributed by atoms with van der Waals surface area (Å²) < 4.78 is 8.21. The summed E-state index contributed by atoms with van der Waals surface area (Å²) in [6.45, 7) is 0. The van der Waals surface area contributed by atoms with Crippen molar-refractivity contribution < 1.29 is 9.53 Å². The fourth-order valence-electron chi connectivity index (χ4n) is 4.26. The van der Waals surface area contributed by atoms with Gasteiger partial charge in [0, 0.05) is 35.1 Å². The van der Waals surface area contributed by atoms with Crippen LogP contribution in [-0.4, -0.2) is 80.7 Å².